The third-order valence-corrected chi connectivity index (χ3v) is 3.12. The number of ether oxygens (including phenoxy) is 2. The Bertz CT molecular complexity index is 396. The number of amides is 1. The number of hydrogen-bond acceptors (Lipinski definition) is 4. The van der Waals surface area contributed by atoms with Gasteiger partial charge in [0.05, 0.1) is 14.2 Å². The second kappa shape index (κ2) is 7.87. The minimum Gasteiger partial charge on any atom is -0.493 e. The molecule has 0 aliphatic carbocycles. The van der Waals surface area contributed by atoms with Crippen molar-refractivity contribution in [3.05, 3.63) is 18.2 Å². The molecule has 0 fully saturated rings. The highest BCUT2D eigenvalue weighted by molar-refractivity contribution is 7.98. The molecule has 1 aromatic rings. The minimum atomic E-state index is 0.0243. The van der Waals surface area contributed by atoms with Crippen LogP contribution in [-0.4, -0.2) is 32.1 Å². The smallest absolute Gasteiger partial charge is 0.224 e. The number of thioether (sulfide) groups is 1. The standard InChI is InChI=1S/C13H19NO3S/c1-16-11-7-6-10(9-12(11)17-2)14-13(15)5-4-8-18-3/h6-7,9H,4-5,8H2,1-3H3,(H,14,15). The lowest BCUT2D eigenvalue weighted by molar-refractivity contribution is -0.116. The second-order valence-corrected chi connectivity index (χ2v) is 4.70. The number of rotatable bonds is 7. The number of anilines is 1. The molecular formula is C13H19NO3S. The predicted octanol–water partition coefficient (Wildman–Crippen LogP) is 2.79. The molecule has 0 radical (unpaired) electrons. The third kappa shape index (κ3) is 4.49. The first-order valence-electron chi connectivity index (χ1n) is 5.72. The fourth-order valence-electron chi connectivity index (χ4n) is 1.51. The van der Waals surface area contributed by atoms with Gasteiger partial charge in [0.15, 0.2) is 11.5 Å². The van der Waals surface area contributed by atoms with Crippen LogP contribution >= 0.6 is 11.8 Å². The van der Waals surface area contributed by atoms with Crippen molar-refractivity contribution in [1.29, 1.82) is 0 Å². The summed E-state index contributed by atoms with van der Waals surface area (Å²) in [6, 6.07) is 5.33. The number of hydrogen-bond donors (Lipinski definition) is 1. The van der Waals surface area contributed by atoms with Gasteiger partial charge < -0.3 is 14.8 Å². The molecule has 0 aliphatic rings. The average Bonchev–Trinajstić information content (AvgIpc) is 2.39. The zero-order valence-electron chi connectivity index (χ0n) is 11.0. The van der Waals surface area contributed by atoms with E-state index in [1.54, 1.807) is 44.2 Å². The molecule has 0 saturated carbocycles. The molecule has 0 heterocycles. The van der Waals surface area contributed by atoms with Gasteiger partial charge in [-0.1, -0.05) is 0 Å². The quantitative estimate of drug-likeness (QED) is 0.773. The molecule has 100 valence electrons. The van der Waals surface area contributed by atoms with E-state index < -0.39 is 0 Å². The molecule has 0 bridgehead atoms. The summed E-state index contributed by atoms with van der Waals surface area (Å²) in [7, 11) is 3.15. The van der Waals surface area contributed by atoms with Gasteiger partial charge in [-0.3, -0.25) is 4.79 Å². The van der Waals surface area contributed by atoms with Crippen LogP contribution in [0.5, 0.6) is 11.5 Å². The molecule has 0 aliphatic heterocycles. The Labute approximate surface area is 112 Å². The summed E-state index contributed by atoms with van der Waals surface area (Å²) in [6.07, 6.45) is 3.46. The van der Waals surface area contributed by atoms with Gasteiger partial charge in [0.2, 0.25) is 5.91 Å². The maximum atomic E-state index is 11.6. The SMILES string of the molecule is COc1ccc(NC(=O)CCCSC)cc1OC. The predicted molar refractivity (Wildman–Crippen MR) is 75.8 cm³/mol. The van der Waals surface area contributed by atoms with Crippen molar-refractivity contribution < 1.29 is 14.3 Å². The van der Waals surface area contributed by atoms with E-state index in [2.05, 4.69) is 5.32 Å². The van der Waals surface area contributed by atoms with Crippen LogP contribution in [0.4, 0.5) is 5.69 Å². The molecule has 0 spiro atoms. The first-order chi connectivity index (χ1) is 8.71. The Morgan fingerprint density at radius 3 is 2.61 bits per heavy atom. The zero-order valence-corrected chi connectivity index (χ0v) is 11.8. The van der Waals surface area contributed by atoms with E-state index in [4.69, 9.17) is 9.47 Å². The maximum absolute atomic E-state index is 11.6. The molecule has 18 heavy (non-hydrogen) atoms. The van der Waals surface area contributed by atoms with Crippen LogP contribution in [0.2, 0.25) is 0 Å². The number of benzene rings is 1. The van der Waals surface area contributed by atoms with Crippen LogP contribution in [-0.2, 0) is 4.79 Å². The topological polar surface area (TPSA) is 47.6 Å². The number of carbonyl (C=O) groups excluding carboxylic acids is 1. The maximum Gasteiger partial charge on any atom is 0.224 e. The van der Waals surface area contributed by atoms with E-state index >= 15 is 0 Å². The van der Waals surface area contributed by atoms with Crippen molar-refractivity contribution in [1.82, 2.24) is 0 Å². The fourth-order valence-corrected chi connectivity index (χ4v) is 1.95. The Balaban J connectivity index is 2.59. The summed E-state index contributed by atoms with van der Waals surface area (Å²) in [5, 5.41) is 2.84. The van der Waals surface area contributed by atoms with Crippen LogP contribution in [0.1, 0.15) is 12.8 Å². The minimum absolute atomic E-state index is 0.0243. The van der Waals surface area contributed by atoms with Crippen molar-refractivity contribution in [3.63, 3.8) is 0 Å². The van der Waals surface area contributed by atoms with E-state index in [9.17, 15) is 4.79 Å². The lowest BCUT2D eigenvalue weighted by atomic mass is 10.2. The molecule has 0 aromatic heterocycles. The summed E-state index contributed by atoms with van der Waals surface area (Å²) in [5.74, 6) is 2.29. The van der Waals surface area contributed by atoms with Crippen LogP contribution in [0.25, 0.3) is 0 Å². The molecule has 5 heteroatoms. The van der Waals surface area contributed by atoms with Crippen molar-refractivity contribution in [2.75, 3.05) is 31.5 Å². The highest BCUT2D eigenvalue weighted by Crippen LogP contribution is 2.29. The van der Waals surface area contributed by atoms with E-state index in [1.165, 1.54) is 0 Å². The van der Waals surface area contributed by atoms with Gasteiger partial charge in [-0.05, 0) is 30.6 Å². The first kappa shape index (κ1) is 14.7. The first-order valence-corrected chi connectivity index (χ1v) is 7.11. The monoisotopic (exact) mass is 269 g/mol. The molecule has 1 N–H and O–H groups in total. The Morgan fingerprint density at radius 2 is 2.00 bits per heavy atom. The highest BCUT2D eigenvalue weighted by Gasteiger charge is 2.07. The largest absolute Gasteiger partial charge is 0.493 e. The molecule has 0 saturated heterocycles. The van der Waals surface area contributed by atoms with Crippen LogP contribution in [0.15, 0.2) is 18.2 Å². The van der Waals surface area contributed by atoms with Crippen molar-refractivity contribution in [2.45, 2.75) is 12.8 Å². The van der Waals surface area contributed by atoms with Gasteiger partial charge in [0.1, 0.15) is 0 Å². The third-order valence-electron chi connectivity index (χ3n) is 2.42. The zero-order chi connectivity index (χ0) is 13.4. The molecule has 1 amide bonds. The lowest BCUT2D eigenvalue weighted by Gasteiger charge is -2.10. The second-order valence-electron chi connectivity index (χ2n) is 3.71. The van der Waals surface area contributed by atoms with Gasteiger partial charge in [-0.2, -0.15) is 11.8 Å². The highest BCUT2D eigenvalue weighted by atomic mass is 32.2. The normalized spacial score (nSPS) is 9.94. The Morgan fingerprint density at radius 1 is 1.28 bits per heavy atom. The molecule has 1 aromatic carbocycles. The van der Waals surface area contributed by atoms with Crippen LogP contribution < -0.4 is 14.8 Å². The van der Waals surface area contributed by atoms with E-state index in [0.717, 1.165) is 17.9 Å². The fraction of sp³-hybridized carbons (Fsp3) is 0.462. The molecule has 4 nitrogen and oxygen atoms in total. The van der Waals surface area contributed by atoms with E-state index in [-0.39, 0.29) is 5.91 Å². The molecule has 1 rings (SSSR count). The number of carbonyl (C=O) groups is 1. The van der Waals surface area contributed by atoms with Gasteiger partial charge in [0, 0.05) is 18.2 Å². The molecule has 0 atom stereocenters. The van der Waals surface area contributed by atoms with Gasteiger partial charge in [0.25, 0.3) is 0 Å². The summed E-state index contributed by atoms with van der Waals surface area (Å²) >= 11 is 1.74. The van der Waals surface area contributed by atoms with Crippen molar-refractivity contribution in [2.24, 2.45) is 0 Å². The summed E-state index contributed by atoms with van der Waals surface area (Å²) < 4.78 is 10.3. The van der Waals surface area contributed by atoms with E-state index in [1.807, 2.05) is 6.26 Å². The average molecular weight is 269 g/mol. The van der Waals surface area contributed by atoms with Gasteiger partial charge in [-0.25, -0.2) is 0 Å². The number of nitrogens with one attached hydrogen (secondary N) is 1. The van der Waals surface area contributed by atoms with Crippen molar-refractivity contribution in [3.8, 4) is 11.5 Å². The van der Waals surface area contributed by atoms with E-state index in [0.29, 0.717) is 17.9 Å². The van der Waals surface area contributed by atoms with Crippen molar-refractivity contribution >= 4 is 23.4 Å². The van der Waals surface area contributed by atoms with Gasteiger partial charge in [-0.15, -0.1) is 0 Å². The Kier molecular flexibility index (Phi) is 6.43. The van der Waals surface area contributed by atoms with Crippen LogP contribution in [0, 0.1) is 0 Å². The summed E-state index contributed by atoms with van der Waals surface area (Å²) in [5.41, 5.74) is 0.724. The van der Waals surface area contributed by atoms with Gasteiger partial charge >= 0.3 is 0 Å². The molecular weight excluding hydrogens is 250 g/mol. The van der Waals surface area contributed by atoms with Crippen LogP contribution in [0.3, 0.4) is 0 Å². The lowest BCUT2D eigenvalue weighted by Crippen LogP contribution is -2.11. The Hall–Kier alpha value is -1.36. The summed E-state index contributed by atoms with van der Waals surface area (Å²) in [4.78, 5) is 11.6. The number of methoxy groups -OCH3 is 2. The summed E-state index contributed by atoms with van der Waals surface area (Å²) in [6.45, 7) is 0. The molecule has 0 unspecified atom stereocenters.